The molecule has 1 fully saturated rings. The number of benzene rings is 1. The second kappa shape index (κ2) is 4.82. The van der Waals surface area contributed by atoms with E-state index in [9.17, 15) is 0 Å². The topological polar surface area (TPSA) is 12.4 Å². The Balaban J connectivity index is 2.23. The molecule has 1 heteroatoms. The molecule has 86 valence electrons. The second-order valence-corrected chi connectivity index (χ2v) is 5.02. The molecule has 16 heavy (non-hydrogen) atoms. The molecular formula is C15H21N. The van der Waals surface area contributed by atoms with Crippen LogP contribution in [0.15, 0.2) is 29.3 Å². The van der Waals surface area contributed by atoms with Crippen LogP contribution >= 0.6 is 0 Å². The number of aliphatic imine (C=N–C) groups is 1. The Labute approximate surface area is 98.6 Å². The standard InChI is InChI=1S/C15H21N/c1-4-13-7-5-6-8-15(13)16-14-9-11(2)12(3)10-14/h5-8,11-12H,4,9-10H2,1-3H3. The molecule has 0 N–H and O–H groups in total. The molecule has 0 heterocycles. The smallest absolute Gasteiger partial charge is 0.0660 e. The number of para-hydroxylation sites is 1. The minimum absolute atomic E-state index is 0.799. The zero-order valence-corrected chi connectivity index (χ0v) is 10.5. The maximum atomic E-state index is 4.85. The summed E-state index contributed by atoms with van der Waals surface area (Å²) < 4.78 is 0. The molecule has 0 aliphatic heterocycles. The summed E-state index contributed by atoms with van der Waals surface area (Å²) in [5.74, 6) is 1.60. The van der Waals surface area contributed by atoms with Crippen LogP contribution in [0.2, 0.25) is 0 Å². The molecular weight excluding hydrogens is 194 g/mol. The molecule has 2 rings (SSSR count). The van der Waals surface area contributed by atoms with Gasteiger partial charge in [-0.3, -0.25) is 4.99 Å². The van der Waals surface area contributed by atoms with Crippen molar-refractivity contribution < 1.29 is 0 Å². The Morgan fingerprint density at radius 3 is 2.38 bits per heavy atom. The van der Waals surface area contributed by atoms with E-state index in [1.165, 1.54) is 29.8 Å². The molecule has 2 unspecified atom stereocenters. The van der Waals surface area contributed by atoms with Crippen molar-refractivity contribution >= 4 is 11.4 Å². The van der Waals surface area contributed by atoms with Crippen molar-refractivity contribution in [1.82, 2.24) is 0 Å². The zero-order chi connectivity index (χ0) is 11.5. The van der Waals surface area contributed by atoms with Crippen LogP contribution in [0.1, 0.15) is 39.2 Å². The van der Waals surface area contributed by atoms with Gasteiger partial charge in [-0.05, 0) is 42.7 Å². The minimum Gasteiger partial charge on any atom is -0.258 e. The molecule has 0 bridgehead atoms. The molecule has 0 radical (unpaired) electrons. The van der Waals surface area contributed by atoms with E-state index in [-0.39, 0.29) is 0 Å². The van der Waals surface area contributed by atoms with Crippen LogP contribution in [-0.2, 0) is 6.42 Å². The van der Waals surface area contributed by atoms with Gasteiger partial charge in [0.15, 0.2) is 0 Å². The van der Waals surface area contributed by atoms with E-state index in [4.69, 9.17) is 4.99 Å². The predicted octanol–water partition coefficient (Wildman–Crippen LogP) is 4.39. The van der Waals surface area contributed by atoms with Crippen molar-refractivity contribution in [2.75, 3.05) is 0 Å². The summed E-state index contributed by atoms with van der Waals surface area (Å²) in [6.07, 6.45) is 3.43. The van der Waals surface area contributed by atoms with E-state index in [0.29, 0.717) is 0 Å². The third-order valence-corrected chi connectivity index (χ3v) is 3.74. The van der Waals surface area contributed by atoms with Crippen LogP contribution < -0.4 is 0 Å². The number of rotatable bonds is 2. The van der Waals surface area contributed by atoms with Gasteiger partial charge in [0.2, 0.25) is 0 Å². The zero-order valence-electron chi connectivity index (χ0n) is 10.5. The first kappa shape index (κ1) is 11.4. The summed E-state index contributed by atoms with van der Waals surface area (Å²) in [6.45, 7) is 6.86. The van der Waals surface area contributed by atoms with Crippen molar-refractivity contribution in [3.05, 3.63) is 29.8 Å². The van der Waals surface area contributed by atoms with Gasteiger partial charge in [0, 0.05) is 5.71 Å². The summed E-state index contributed by atoms with van der Waals surface area (Å²) in [6, 6.07) is 8.50. The molecule has 1 saturated carbocycles. The van der Waals surface area contributed by atoms with Crippen molar-refractivity contribution in [2.45, 2.75) is 40.0 Å². The quantitative estimate of drug-likeness (QED) is 0.694. The van der Waals surface area contributed by atoms with Crippen molar-refractivity contribution in [1.29, 1.82) is 0 Å². The molecule has 0 saturated heterocycles. The Bertz CT molecular complexity index is 380. The van der Waals surface area contributed by atoms with Gasteiger partial charge >= 0.3 is 0 Å². The minimum atomic E-state index is 0.799. The Morgan fingerprint density at radius 2 is 1.75 bits per heavy atom. The highest BCUT2D eigenvalue weighted by molar-refractivity contribution is 5.89. The number of hydrogen-bond acceptors (Lipinski definition) is 1. The lowest BCUT2D eigenvalue weighted by Gasteiger charge is -2.04. The van der Waals surface area contributed by atoms with Crippen LogP contribution in [-0.4, -0.2) is 5.71 Å². The summed E-state index contributed by atoms with van der Waals surface area (Å²) in [7, 11) is 0. The van der Waals surface area contributed by atoms with Gasteiger partial charge in [0.25, 0.3) is 0 Å². The molecule has 2 atom stereocenters. The van der Waals surface area contributed by atoms with Gasteiger partial charge in [-0.2, -0.15) is 0 Å². The molecule has 1 aromatic rings. The molecule has 0 amide bonds. The van der Waals surface area contributed by atoms with Crippen molar-refractivity contribution in [2.24, 2.45) is 16.8 Å². The first-order chi connectivity index (χ1) is 7.70. The maximum Gasteiger partial charge on any atom is 0.0660 e. The summed E-state index contributed by atoms with van der Waals surface area (Å²) in [5, 5.41) is 0. The fourth-order valence-electron chi connectivity index (χ4n) is 2.41. The van der Waals surface area contributed by atoms with E-state index in [2.05, 4.69) is 45.0 Å². The second-order valence-electron chi connectivity index (χ2n) is 5.02. The van der Waals surface area contributed by atoms with Crippen LogP contribution in [0.4, 0.5) is 5.69 Å². The number of nitrogens with zero attached hydrogens (tertiary/aromatic N) is 1. The van der Waals surface area contributed by atoms with Crippen molar-refractivity contribution in [3.63, 3.8) is 0 Å². The Kier molecular flexibility index (Phi) is 3.42. The number of hydrogen-bond donors (Lipinski definition) is 0. The van der Waals surface area contributed by atoms with E-state index in [1.54, 1.807) is 0 Å². The Morgan fingerprint density at radius 1 is 1.12 bits per heavy atom. The molecule has 1 aliphatic rings. The number of aryl methyl sites for hydroxylation is 1. The van der Waals surface area contributed by atoms with Crippen LogP contribution in [0.3, 0.4) is 0 Å². The van der Waals surface area contributed by atoms with Crippen LogP contribution in [0.5, 0.6) is 0 Å². The molecule has 0 spiro atoms. The summed E-state index contributed by atoms with van der Waals surface area (Å²) >= 11 is 0. The van der Waals surface area contributed by atoms with Gasteiger partial charge < -0.3 is 0 Å². The third kappa shape index (κ3) is 2.34. The van der Waals surface area contributed by atoms with Gasteiger partial charge in [-0.15, -0.1) is 0 Å². The fourth-order valence-corrected chi connectivity index (χ4v) is 2.41. The highest BCUT2D eigenvalue weighted by Gasteiger charge is 2.24. The van der Waals surface area contributed by atoms with Gasteiger partial charge in [0.1, 0.15) is 0 Å². The van der Waals surface area contributed by atoms with Crippen LogP contribution in [0.25, 0.3) is 0 Å². The summed E-state index contributed by atoms with van der Waals surface area (Å²) in [4.78, 5) is 4.85. The lowest BCUT2D eigenvalue weighted by Crippen LogP contribution is -1.95. The lowest BCUT2D eigenvalue weighted by molar-refractivity contribution is 0.457. The van der Waals surface area contributed by atoms with E-state index < -0.39 is 0 Å². The average molecular weight is 215 g/mol. The molecule has 1 aromatic carbocycles. The fraction of sp³-hybridized carbons (Fsp3) is 0.533. The molecule has 0 aromatic heterocycles. The third-order valence-electron chi connectivity index (χ3n) is 3.74. The highest BCUT2D eigenvalue weighted by Crippen LogP contribution is 2.31. The summed E-state index contributed by atoms with van der Waals surface area (Å²) in [5.41, 5.74) is 3.93. The van der Waals surface area contributed by atoms with Gasteiger partial charge in [-0.1, -0.05) is 39.0 Å². The van der Waals surface area contributed by atoms with E-state index >= 15 is 0 Å². The highest BCUT2D eigenvalue weighted by atomic mass is 14.8. The van der Waals surface area contributed by atoms with E-state index in [1.807, 2.05) is 0 Å². The maximum absolute atomic E-state index is 4.85. The Hall–Kier alpha value is -1.11. The van der Waals surface area contributed by atoms with Gasteiger partial charge in [0.05, 0.1) is 5.69 Å². The van der Waals surface area contributed by atoms with E-state index in [0.717, 1.165) is 18.3 Å². The SMILES string of the molecule is CCc1ccccc1N=C1CC(C)C(C)C1. The molecule has 1 nitrogen and oxygen atoms in total. The molecule has 1 aliphatic carbocycles. The average Bonchev–Trinajstić information content (AvgIpc) is 2.59. The largest absolute Gasteiger partial charge is 0.258 e. The first-order valence-corrected chi connectivity index (χ1v) is 6.35. The monoisotopic (exact) mass is 215 g/mol. The predicted molar refractivity (Wildman–Crippen MR) is 70.5 cm³/mol. The van der Waals surface area contributed by atoms with Crippen molar-refractivity contribution in [3.8, 4) is 0 Å². The van der Waals surface area contributed by atoms with Gasteiger partial charge in [-0.25, -0.2) is 0 Å². The normalized spacial score (nSPS) is 24.8. The first-order valence-electron chi connectivity index (χ1n) is 6.35. The van der Waals surface area contributed by atoms with Crippen LogP contribution in [0, 0.1) is 11.8 Å². The lowest BCUT2D eigenvalue weighted by atomic mass is 10.0.